The predicted molar refractivity (Wildman–Crippen MR) is 124 cm³/mol. The van der Waals surface area contributed by atoms with E-state index in [1.165, 1.54) is 0 Å². The second-order valence-corrected chi connectivity index (χ2v) is 7.92. The molecule has 0 fully saturated rings. The Kier molecular flexibility index (Phi) is 4.52. The molecular weight excluding hydrogens is 402 g/mol. The Morgan fingerprint density at radius 2 is 1.84 bits per heavy atom. The summed E-state index contributed by atoms with van der Waals surface area (Å²) >= 11 is 0. The molecule has 5 rings (SSSR count). The zero-order chi connectivity index (χ0) is 22.4. The Bertz CT molecular complexity index is 1420. The van der Waals surface area contributed by atoms with Crippen molar-refractivity contribution in [2.75, 3.05) is 12.3 Å². The summed E-state index contributed by atoms with van der Waals surface area (Å²) in [6, 6.07) is 19.4. The molecular formula is C25H21N5O2. The highest BCUT2D eigenvalue weighted by Crippen LogP contribution is 2.36. The number of nitrogens with two attached hydrogens (primary N) is 2. The zero-order valence-electron chi connectivity index (χ0n) is 17.3. The van der Waals surface area contributed by atoms with Gasteiger partial charge in [-0.1, -0.05) is 36.9 Å². The van der Waals surface area contributed by atoms with Gasteiger partial charge in [0.1, 0.15) is 0 Å². The summed E-state index contributed by atoms with van der Waals surface area (Å²) in [6.07, 6.45) is 0. The second kappa shape index (κ2) is 7.39. The molecule has 1 aromatic heterocycles. The van der Waals surface area contributed by atoms with Crippen LogP contribution >= 0.6 is 0 Å². The maximum Gasteiger partial charge on any atom is 0.254 e. The molecule has 1 aliphatic rings. The van der Waals surface area contributed by atoms with Gasteiger partial charge in [-0.05, 0) is 47.0 Å². The van der Waals surface area contributed by atoms with Gasteiger partial charge in [0.15, 0.2) is 0 Å². The molecule has 7 heteroatoms. The van der Waals surface area contributed by atoms with E-state index in [9.17, 15) is 9.59 Å². The number of H-pyrrole nitrogens is 1. The van der Waals surface area contributed by atoms with Crippen LogP contribution in [0.5, 0.6) is 0 Å². The Balaban J connectivity index is 1.57. The molecule has 4 aromatic rings. The number of fused-ring (bicyclic) bond motifs is 2. The molecule has 1 aliphatic heterocycles. The van der Waals surface area contributed by atoms with Gasteiger partial charge in [0.05, 0.1) is 17.8 Å². The van der Waals surface area contributed by atoms with Gasteiger partial charge in [0.2, 0.25) is 5.91 Å². The van der Waals surface area contributed by atoms with Gasteiger partial charge in [-0.3, -0.25) is 14.7 Å². The van der Waals surface area contributed by atoms with Crippen LogP contribution in [-0.4, -0.2) is 33.5 Å². The summed E-state index contributed by atoms with van der Waals surface area (Å²) in [5, 5.41) is 8.53. The number of benzene rings is 3. The number of primary amides is 1. The van der Waals surface area contributed by atoms with Crippen LogP contribution in [0, 0.1) is 0 Å². The molecule has 0 bridgehead atoms. The third-order valence-electron chi connectivity index (χ3n) is 5.81. The fraction of sp³-hybridized carbons (Fsp3) is 0.0800. The second-order valence-electron chi connectivity index (χ2n) is 7.92. The van der Waals surface area contributed by atoms with Gasteiger partial charge >= 0.3 is 0 Å². The lowest BCUT2D eigenvalue weighted by Gasteiger charge is -2.15. The molecule has 2 heterocycles. The number of aromatic nitrogens is 2. The van der Waals surface area contributed by atoms with Crippen molar-refractivity contribution in [2.45, 2.75) is 6.54 Å². The van der Waals surface area contributed by atoms with Crippen molar-refractivity contribution in [3.63, 3.8) is 0 Å². The van der Waals surface area contributed by atoms with Gasteiger partial charge in [-0.25, -0.2) is 0 Å². The van der Waals surface area contributed by atoms with Gasteiger partial charge in [-0.15, -0.1) is 0 Å². The number of nitrogens with zero attached hydrogens (tertiary/aromatic N) is 2. The number of carbonyl (C=O) groups excluding carboxylic acids is 2. The smallest absolute Gasteiger partial charge is 0.254 e. The molecule has 5 N–H and O–H groups in total. The molecule has 32 heavy (non-hydrogen) atoms. The number of nitrogens with one attached hydrogen (secondary N) is 1. The van der Waals surface area contributed by atoms with Crippen LogP contribution in [-0.2, 0) is 11.3 Å². The Hall–Kier alpha value is -4.39. The van der Waals surface area contributed by atoms with E-state index in [2.05, 4.69) is 22.8 Å². The average molecular weight is 423 g/mol. The number of aromatic amines is 1. The predicted octanol–water partition coefficient (Wildman–Crippen LogP) is 3.48. The Labute approximate surface area is 184 Å². The first-order valence-corrected chi connectivity index (χ1v) is 10.2. The maximum absolute atomic E-state index is 12.9. The fourth-order valence-electron chi connectivity index (χ4n) is 4.18. The fourth-order valence-corrected chi connectivity index (χ4v) is 4.18. The highest BCUT2D eigenvalue weighted by atomic mass is 16.2. The summed E-state index contributed by atoms with van der Waals surface area (Å²) in [5.41, 5.74) is 18.3. The van der Waals surface area contributed by atoms with Crippen molar-refractivity contribution in [2.24, 2.45) is 5.73 Å². The summed E-state index contributed by atoms with van der Waals surface area (Å²) < 4.78 is 0. The number of rotatable bonds is 5. The molecule has 2 amide bonds. The van der Waals surface area contributed by atoms with E-state index in [1.54, 1.807) is 4.90 Å². The molecule has 0 aliphatic carbocycles. The summed E-state index contributed by atoms with van der Waals surface area (Å²) in [7, 11) is 0. The van der Waals surface area contributed by atoms with Crippen LogP contribution in [0.25, 0.3) is 33.3 Å². The minimum absolute atomic E-state index is 0.114. The van der Waals surface area contributed by atoms with Crippen LogP contribution in [0.1, 0.15) is 15.9 Å². The number of amides is 2. The highest BCUT2D eigenvalue weighted by molar-refractivity contribution is 6.03. The summed E-state index contributed by atoms with van der Waals surface area (Å²) in [4.78, 5) is 25.9. The lowest BCUT2D eigenvalue weighted by atomic mass is 9.95. The summed E-state index contributed by atoms with van der Waals surface area (Å²) in [6.45, 7) is 4.19. The van der Waals surface area contributed by atoms with Crippen LogP contribution in [0.15, 0.2) is 72.8 Å². The minimum Gasteiger partial charge on any atom is -0.399 e. The van der Waals surface area contributed by atoms with Gasteiger partial charge in [0, 0.05) is 34.3 Å². The van der Waals surface area contributed by atoms with E-state index >= 15 is 0 Å². The van der Waals surface area contributed by atoms with E-state index in [1.807, 2.05) is 54.6 Å². The minimum atomic E-state index is -0.603. The van der Waals surface area contributed by atoms with Gasteiger partial charge in [-0.2, -0.15) is 5.10 Å². The lowest BCUT2D eigenvalue weighted by molar-refractivity contribution is -0.114. The normalized spacial score (nSPS) is 12.9. The van der Waals surface area contributed by atoms with Crippen LogP contribution < -0.4 is 11.5 Å². The monoisotopic (exact) mass is 423 g/mol. The number of anilines is 1. The number of nitrogen functional groups attached to an aromatic ring is 1. The van der Waals surface area contributed by atoms with Crippen LogP contribution in [0.4, 0.5) is 5.69 Å². The van der Waals surface area contributed by atoms with Crippen molar-refractivity contribution in [3.05, 3.63) is 83.9 Å². The first-order valence-electron chi connectivity index (χ1n) is 10.2. The van der Waals surface area contributed by atoms with Gasteiger partial charge < -0.3 is 16.4 Å². The largest absolute Gasteiger partial charge is 0.399 e. The van der Waals surface area contributed by atoms with Crippen molar-refractivity contribution in [1.29, 1.82) is 0 Å². The van der Waals surface area contributed by atoms with Crippen molar-refractivity contribution < 1.29 is 9.59 Å². The summed E-state index contributed by atoms with van der Waals surface area (Å²) in [5.74, 6) is -0.734. The average Bonchev–Trinajstić information content (AvgIpc) is 3.34. The van der Waals surface area contributed by atoms with Crippen molar-refractivity contribution in [3.8, 4) is 22.4 Å². The molecule has 0 radical (unpaired) electrons. The molecule has 0 saturated carbocycles. The van der Waals surface area contributed by atoms with Crippen molar-refractivity contribution >= 4 is 28.4 Å². The molecule has 7 nitrogen and oxygen atoms in total. The first kappa shape index (κ1) is 19.6. The lowest BCUT2D eigenvalue weighted by Crippen LogP contribution is -2.30. The zero-order valence-corrected chi connectivity index (χ0v) is 17.3. The van der Waals surface area contributed by atoms with Crippen molar-refractivity contribution in [1.82, 2.24) is 15.1 Å². The Morgan fingerprint density at radius 3 is 2.62 bits per heavy atom. The maximum atomic E-state index is 12.9. The highest BCUT2D eigenvalue weighted by Gasteiger charge is 2.30. The van der Waals surface area contributed by atoms with E-state index in [4.69, 9.17) is 11.5 Å². The standard InChI is InChI=1S/C25H21N5O2/c1-14(24(27)31)12-30-13-21-18(6-3-7-19(21)25(30)32)15-8-9-22-20(11-15)23(29-28-22)16-4-2-5-17(26)10-16/h2-11H,1,12-13,26H2,(H2,27,31)(H,28,29). The van der Waals surface area contributed by atoms with Crippen LogP contribution in [0.2, 0.25) is 0 Å². The topological polar surface area (TPSA) is 118 Å². The number of carbonyl (C=O) groups is 2. The van der Waals surface area contributed by atoms with E-state index < -0.39 is 5.91 Å². The molecule has 3 aromatic carbocycles. The number of hydrogen-bond acceptors (Lipinski definition) is 4. The van der Waals surface area contributed by atoms with Gasteiger partial charge in [0.25, 0.3) is 5.91 Å². The molecule has 0 atom stereocenters. The molecule has 0 unspecified atom stereocenters. The van der Waals surface area contributed by atoms with E-state index in [0.717, 1.165) is 38.9 Å². The molecule has 0 saturated heterocycles. The Morgan fingerprint density at radius 1 is 1.06 bits per heavy atom. The first-order chi connectivity index (χ1) is 15.4. The SMILES string of the molecule is C=C(CN1Cc2c(cccc2-c2ccc3[nH]nc(-c4cccc(N)c4)c3c2)C1=O)C(N)=O. The quantitative estimate of drug-likeness (QED) is 0.336. The molecule has 0 spiro atoms. The van der Waals surface area contributed by atoms with Crippen LogP contribution in [0.3, 0.4) is 0 Å². The third kappa shape index (κ3) is 3.20. The third-order valence-corrected chi connectivity index (χ3v) is 5.81. The van der Waals surface area contributed by atoms with E-state index in [0.29, 0.717) is 17.8 Å². The molecule has 158 valence electrons. The number of hydrogen-bond donors (Lipinski definition) is 3. The van der Waals surface area contributed by atoms with E-state index in [-0.39, 0.29) is 18.0 Å².